The highest BCUT2D eigenvalue weighted by Crippen LogP contribution is 2.33. The van der Waals surface area contributed by atoms with Gasteiger partial charge in [-0.1, -0.05) is 31.5 Å². The number of aliphatic carboxylic acids is 1. The molecule has 0 radical (unpaired) electrons. The van der Waals surface area contributed by atoms with E-state index in [0.717, 1.165) is 11.3 Å². The second-order valence-electron chi connectivity index (χ2n) is 5.60. The van der Waals surface area contributed by atoms with Gasteiger partial charge in [0.15, 0.2) is 5.13 Å². The first kappa shape index (κ1) is 18.7. The molecule has 0 fully saturated rings. The fourth-order valence-corrected chi connectivity index (χ4v) is 5.09. The lowest BCUT2D eigenvalue weighted by Gasteiger charge is -2.13. The summed E-state index contributed by atoms with van der Waals surface area (Å²) in [7, 11) is -3.85. The highest BCUT2D eigenvalue weighted by molar-refractivity contribution is 7.93. The van der Waals surface area contributed by atoms with E-state index < -0.39 is 21.9 Å². The lowest BCUT2D eigenvalue weighted by molar-refractivity contribution is -0.139. The van der Waals surface area contributed by atoms with Gasteiger partial charge < -0.3 is 5.11 Å². The summed E-state index contributed by atoms with van der Waals surface area (Å²) in [5, 5.41) is 9.78. The van der Waals surface area contributed by atoms with Gasteiger partial charge in [-0.05, 0) is 30.5 Å². The number of anilines is 1. The molecule has 2 aromatic rings. The van der Waals surface area contributed by atoms with Crippen LogP contribution in [-0.2, 0) is 14.8 Å². The first-order chi connectivity index (χ1) is 11.1. The first-order valence-electron chi connectivity index (χ1n) is 7.10. The first-order valence-corrected chi connectivity index (χ1v) is 9.77. The van der Waals surface area contributed by atoms with Crippen molar-refractivity contribution in [3.05, 3.63) is 39.9 Å². The molecular weight excluding hydrogens is 372 g/mol. The van der Waals surface area contributed by atoms with Crippen molar-refractivity contribution in [2.75, 3.05) is 4.72 Å². The average molecular weight is 389 g/mol. The maximum Gasteiger partial charge on any atom is 0.312 e. The van der Waals surface area contributed by atoms with Gasteiger partial charge >= 0.3 is 5.97 Å². The highest BCUT2D eigenvalue weighted by atomic mass is 35.5. The summed E-state index contributed by atoms with van der Waals surface area (Å²) in [6.07, 6.45) is 1.39. The van der Waals surface area contributed by atoms with Crippen molar-refractivity contribution in [1.82, 2.24) is 4.98 Å². The number of aromatic nitrogens is 1. The SMILES string of the molecule is Cc1c(Cl)cccc1S(=O)(=O)Nc1ncc(C(C(=O)O)C(C)C)s1. The zero-order valence-corrected chi connectivity index (χ0v) is 15.7. The Labute approximate surface area is 149 Å². The summed E-state index contributed by atoms with van der Waals surface area (Å²) in [5.41, 5.74) is 0.439. The molecule has 1 aromatic carbocycles. The molecule has 1 unspecified atom stereocenters. The molecule has 2 rings (SSSR count). The predicted molar refractivity (Wildman–Crippen MR) is 94.3 cm³/mol. The number of carboxylic acids is 1. The molecule has 9 heteroatoms. The molecule has 0 saturated carbocycles. The van der Waals surface area contributed by atoms with Crippen molar-refractivity contribution in [2.24, 2.45) is 5.92 Å². The minimum absolute atomic E-state index is 0.0606. The van der Waals surface area contributed by atoms with Crippen molar-refractivity contribution in [3.8, 4) is 0 Å². The van der Waals surface area contributed by atoms with Crippen molar-refractivity contribution >= 4 is 44.1 Å². The molecule has 0 aliphatic carbocycles. The van der Waals surface area contributed by atoms with Crippen molar-refractivity contribution in [1.29, 1.82) is 0 Å². The van der Waals surface area contributed by atoms with Crippen LogP contribution in [0.25, 0.3) is 0 Å². The Morgan fingerprint density at radius 3 is 2.62 bits per heavy atom. The Bertz CT molecular complexity index is 862. The third-order valence-electron chi connectivity index (χ3n) is 3.49. The normalized spacial score (nSPS) is 13.0. The van der Waals surface area contributed by atoms with Crippen LogP contribution >= 0.6 is 22.9 Å². The van der Waals surface area contributed by atoms with Crippen LogP contribution < -0.4 is 4.72 Å². The van der Waals surface area contributed by atoms with Crippen molar-refractivity contribution in [2.45, 2.75) is 31.6 Å². The summed E-state index contributed by atoms with van der Waals surface area (Å²) in [6, 6.07) is 4.61. The predicted octanol–water partition coefficient (Wildman–Crippen LogP) is 3.73. The molecule has 24 heavy (non-hydrogen) atoms. The number of rotatable bonds is 6. The van der Waals surface area contributed by atoms with Crippen LogP contribution in [0.4, 0.5) is 5.13 Å². The second-order valence-corrected chi connectivity index (χ2v) is 8.72. The number of carboxylic acid groups (broad SMARTS) is 1. The number of benzene rings is 1. The number of hydrogen-bond acceptors (Lipinski definition) is 5. The second kappa shape index (κ2) is 7.08. The molecule has 2 N–H and O–H groups in total. The number of nitrogens with one attached hydrogen (secondary N) is 1. The smallest absolute Gasteiger partial charge is 0.312 e. The van der Waals surface area contributed by atoms with Gasteiger partial charge in [0.05, 0.1) is 10.8 Å². The Balaban J connectivity index is 2.32. The lowest BCUT2D eigenvalue weighted by atomic mass is 9.95. The monoisotopic (exact) mass is 388 g/mol. The van der Waals surface area contributed by atoms with Gasteiger partial charge in [0.1, 0.15) is 0 Å². The van der Waals surface area contributed by atoms with Gasteiger partial charge in [0.25, 0.3) is 10.0 Å². The molecule has 1 atom stereocenters. The van der Waals surface area contributed by atoms with E-state index in [1.54, 1.807) is 32.9 Å². The summed E-state index contributed by atoms with van der Waals surface area (Å²) in [6.45, 7) is 5.19. The van der Waals surface area contributed by atoms with Gasteiger partial charge in [-0.3, -0.25) is 9.52 Å². The van der Waals surface area contributed by atoms with E-state index in [1.165, 1.54) is 12.3 Å². The summed E-state index contributed by atoms with van der Waals surface area (Å²) in [5.74, 6) is -1.83. The van der Waals surface area contributed by atoms with Crippen LogP contribution in [0.1, 0.15) is 30.2 Å². The van der Waals surface area contributed by atoms with Crippen molar-refractivity contribution in [3.63, 3.8) is 0 Å². The van der Waals surface area contributed by atoms with Gasteiger partial charge in [-0.2, -0.15) is 0 Å². The molecule has 130 valence electrons. The number of thiazole rings is 1. The number of sulfonamides is 1. The third kappa shape index (κ3) is 3.88. The maximum absolute atomic E-state index is 12.5. The van der Waals surface area contributed by atoms with Crippen molar-refractivity contribution < 1.29 is 18.3 Å². The van der Waals surface area contributed by atoms with Crippen LogP contribution in [0.2, 0.25) is 5.02 Å². The molecule has 1 aromatic heterocycles. The molecule has 0 spiro atoms. The summed E-state index contributed by atoms with van der Waals surface area (Å²) >= 11 is 6.98. The average Bonchev–Trinajstić information content (AvgIpc) is 2.88. The van der Waals surface area contributed by atoms with E-state index >= 15 is 0 Å². The molecule has 0 saturated heterocycles. The zero-order valence-electron chi connectivity index (χ0n) is 13.3. The maximum atomic E-state index is 12.5. The Morgan fingerprint density at radius 1 is 1.38 bits per heavy atom. The third-order valence-corrected chi connectivity index (χ3v) is 6.51. The number of carbonyl (C=O) groups is 1. The van der Waals surface area contributed by atoms with Crippen LogP contribution in [-0.4, -0.2) is 24.5 Å². The Hall–Kier alpha value is -1.64. The van der Waals surface area contributed by atoms with E-state index in [2.05, 4.69) is 9.71 Å². The Kier molecular flexibility index (Phi) is 5.52. The molecule has 0 aliphatic heterocycles. The van der Waals surface area contributed by atoms with Gasteiger partial charge in [0, 0.05) is 16.1 Å². The molecular formula is C15H17ClN2O4S2. The van der Waals surface area contributed by atoms with Crippen LogP contribution in [0.5, 0.6) is 0 Å². The minimum Gasteiger partial charge on any atom is -0.481 e. The van der Waals surface area contributed by atoms with Gasteiger partial charge in [-0.25, -0.2) is 13.4 Å². The minimum atomic E-state index is -3.85. The molecule has 0 bridgehead atoms. The molecule has 1 heterocycles. The fraction of sp³-hybridized carbons (Fsp3) is 0.333. The van der Waals surface area contributed by atoms with E-state index in [9.17, 15) is 18.3 Å². The summed E-state index contributed by atoms with van der Waals surface area (Å²) in [4.78, 5) is 15.9. The van der Waals surface area contributed by atoms with E-state index in [1.807, 2.05) is 0 Å². The summed E-state index contributed by atoms with van der Waals surface area (Å²) < 4.78 is 27.4. The number of nitrogens with zero attached hydrogens (tertiary/aromatic N) is 1. The van der Waals surface area contributed by atoms with E-state index in [0.29, 0.717) is 15.5 Å². The van der Waals surface area contributed by atoms with Gasteiger partial charge in [-0.15, -0.1) is 11.3 Å². The van der Waals surface area contributed by atoms with Crippen LogP contribution in [0, 0.1) is 12.8 Å². The van der Waals surface area contributed by atoms with Crippen LogP contribution in [0.3, 0.4) is 0 Å². The van der Waals surface area contributed by atoms with Crippen LogP contribution in [0.15, 0.2) is 29.3 Å². The largest absolute Gasteiger partial charge is 0.481 e. The number of hydrogen-bond donors (Lipinski definition) is 2. The fourth-order valence-electron chi connectivity index (χ4n) is 2.26. The highest BCUT2D eigenvalue weighted by Gasteiger charge is 2.27. The standard InChI is InChI=1S/C15H17ClN2O4S2/c1-8(2)13(14(19)20)11-7-17-15(23-11)18-24(21,22)12-6-4-5-10(16)9(12)3/h4-8,13H,1-3H3,(H,17,18)(H,19,20). The van der Waals surface area contributed by atoms with E-state index in [4.69, 9.17) is 11.6 Å². The molecule has 0 amide bonds. The molecule has 6 nitrogen and oxygen atoms in total. The van der Waals surface area contributed by atoms with E-state index in [-0.39, 0.29) is 15.9 Å². The quantitative estimate of drug-likeness (QED) is 0.785. The topological polar surface area (TPSA) is 96.4 Å². The van der Waals surface area contributed by atoms with Gasteiger partial charge in [0.2, 0.25) is 0 Å². The Morgan fingerprint density at radius 2 is 2.04 bits per heavy atom. The molecule has 0 aliphatic rings. The number of halogens is 1. The zero-order chi connectivity index (χ0) is 18.1. The lowest BCUT2D eigenvalue weighted by Crippen LogP contribution is -2.16.